The normalized spacial score (nSPS) is 14.3. The molecule has 1 aromatic heterocycles. The van der Waals surface area contributed by atoms with Crippen molar-refractivity contribution in [3.63, 3.8) is 0 Å². The average Bonchev–Trinajstić information content (AvgIpc) is 3.20. The molecule has 0 spiro atoms. The first-order valence-electron chi connectivity index (χ1n) is 10.3. The van der Waals surface area contributed by atoms with E-state index in [1.807, 2.05) is 34.1 Å². The molecule has 1 saturated heterocycles. The standard InChI is InChI=1S/C22H23ClN6O3/c23-18-5-3-4-17(14-18)15-28-21(8-9-24-28)25-22(30)16-26-10-12-27(13-11-26)19-6-1-2-7-20(19)29(31)32/h1-9,14H,10-13,15-16H2,(H,25,30). The number of aromatic nitrogens is 2. The number of anilines is 2. The Labute approximate surface area is 190 Å². The second-order valence-electron chi connectivity index (χ2n) is 7.56. The molecule has 1 aliphatic heterocycles. The van der Waals surface area contributed by atoms with Gasteiger partial charge in [-0.2, -0.15) is 5.10 Å². The first-order valence-corrected chi connectivity index (χ1v) is 10.6. The molecule has 10 heteroatoms. The number of hydrogen-bond acceptors (Lipinski definition) is 6. The third-order valence-corrected chi connectivity index (χ3v) is 5.60. The van der Waals surface area contributed by atoms with Crippen LogP contribution in [0.5, 0.6) is 0 Å². The number of nitrogens with one attached hydrogen (secondary N) is 1. The van der Waals surface area contributed by atoms with Gasteiger partial charge in [0.15, 0.2) is 0 Å². The number of rotatable bonds is 7. The van der Waals surface area contributed by atoms with Crippen LogP contribution in [0.2, 0.25) is 5.02 Å². The average molecular weight is 455 g/mol. The lowest BCUT2D eigenvalue weighted by Gasteiger charge is -2.35. The minimum Gasteiger partial charge on any atom is -0.363 e. The van der Waals surface area contributed by atoms with Crippen molar-refractivity contribution >= 4 is 34.7 Å². The quantitative estimate of drug-likeness (QED) is 0.435. The summed E-state index contributed by atoms with van der Waals surface area (Å²) in [6.45, 7) is 3.25. The number of carbonyl (C=O) groups excluding carboxylic acids is 1. The van der Waals surface area contributed by atoms with Gasteiger partial charge in [0.25, 0.3) is 5.69 Å². The lowest BCUT2D eigenvalue weighted by Crippen LogP contribution is -2.48. The Bertz CT molecular complexity index is 1110. The van der Waals surface area contributed by atoms with Gasteiger partial charge >= 0.3 is 0 Å². The van der Waals surface area contributed by atoms with Gasteiger partial charge in [0, 0.05) is 43.3 Å². The van der Waals surface area contributed by atoms with E-state index in [-0.39, 0.29) is 23.1 Å². The van der Waals surface area contributed by atoms with E-state index in [1.54, 1.807) is 35.1 Å². The number of benzene rings is 2. The van der Waals surface area contributed by atoms with Crippen LogP contribution in [0, 0.1) is 10.1 Å². The largest absolute Gasteiger partial charge is 0.363 e. The van der Waals surface area contributed by atoms with Crippen LogP contribution in [-0.2, 0) is 11.3 Å². The van der Waals surface area contributed by atoms with Crippen molar-refractivity contribution in [3.05, 3.63) is 81.5 Å². The second-order valence-corrected chi connectivity index (χ2v) is 8.00. The Kier molecular flexibility index (Phi) is 6.67. The number of carbonyl (C=O) groups is 1. The monoisotopic (exact) mass is 454 g/mol. The highest BCUT2D eigenvalue weighted by molar-refractivity contribution is 6.30. The molecule has 1 amide bonds. The van der Waals surface area contributed by atoms with Gasteiger partial charge in [0.2, 0.25) is 5.91 Å². The molecule has 9 nitrogen and oxygen atoms in total. The highest BCUT2D eigenvalue weighted by Crippen LogP contribution is 2.28. The maximum atomic E-state index is 12.6. The van der Waals surface area contributed by atoms with E-state index in [0.717, 1.165) is 5.56 Å². The minimum atomic E-state index is -0.359. The van der Waals surface area contributed by atoms with Crippen LogP contribution in [0.3, 0.4) is 0 Å². The third-order valence-electron chi connectivity index (χ3n) is 5.36. The summed E-state index contributed by atoms with van der Waals surface area (Å²) in [6.07, 6.45) is 1.64. The number of para-hydroxylation sites is 2. The van der Waals surface area contributed by atoms with Crippen molar-refractivity contribution in [2.45, 2.75) is 6.54 Å². The molecule has 0 atom stereocenters. The zero-order valence-corrected chi connectivity index (χ0v) is 18.1. The zero-order chi connectivity index (χ0) is 22.5. The van der Waals surface area contributed by atoms with E-state index in [1.165, 1.54) is 6.07 Å². The molecular formula is C22H23ClN6O3. The molecule has 0 unspecified atom stereocenters. The van der Waals surface area contributed by atoms with Crippen molar-refractivity contribution in [3.8, 4) is 0 Å². The second kappa shape index (κ2) is 9.80. The Morgan fingerprint density at radius 1 is 1.09 bits per heavy atom. The molecule has 4 rings (SSSR count). The lowest BCUT2D eigenvalue weighted by molar-refractivity contribution is -0.384. The molecular weight excluding hydrogens is 432 g/mol. The highest BCUT2D eigenvalue weighted by Gasteiger charge is 2.24. The Morgan fingerprint density at radius 3 is 2.62 bits per heavy atom. The fourth-order valence-electron chi connectivity index (χ4n) is 3.79. The summed E-state index contributed by atoms with van der Waals surface area (Å²) >= 11 is 6.05. The number of nitrogens with zero attached hydrogens (tertiary/aromatic N) is 5. The molecule has 32 heavy (non-hydrogen) atoms. The van der Waals surface area contributed by atoms with Gasteiger partial charge in [-0.25, -0.2) is 4.68 Å². The van der Waals surface area contributed by atoms with Crippen LogP contribution in [-0.4, -0.2) is 58.2 Å². The van der Waals surface area contributed by atoms with Crippen molar-refractivity contribution < 1.29 is 9.72 Å². The molecule has 2 heterocycles. The van der Waals surface area contributed by atoms with E-state index in [9.17, 15) is 14.9 Å². The highest BCUT2D eigenvalue weighted by atomic mass is 35.5. The Balaban J connectivity index is 1.31. The minimum absolute atomic E-state index is 0.103. The summed E-state index contributed by atoms with van der Waals surface area (Å²) in [5.41, 5.74) is 1.71. The van der Waals surface area contributed by atoms with Crippen molar-refractivity contribution in [1.82, 2.24) is 14.7 Å². The van der Waals surface area contributed by atoms with Gasteiger partial charge in [-0.3, -0.25) is 19.8 Å². The van der Waals surface area contributed by atoms with Gasteiger partial charge in [0.05, 0.1) is 24.2 Å². The van der Waals surface area contributed by atoms with E-state index in [0.29, 0.717) is 49.3 Å². The van der Waals surface area contributed by atoms with Gasteiger partial charge in [-0.05, 0) is 23.8 Å². The summed E-state index contributed by atoms with van der Waals surface area (Å²) in [6, 6.07) is 16.0. The summed E-state index contributed by atoms with van der Waals surface area (Å²) < 4.78 is 1.72. The Morgan fingerprint density at radius 2 is 1.88 bits per heavy atom. The predicted octanol–water partition coefficient (Wildman–Crippen LogP) is 3.25. The molecule has 0 bridgehead atoms. The number of piperazine rings is 1. The predicted molar refractivity (Wildman–Crippen MR) is 123 cm³/mol. The summed E-state index contributed by atoms with van der Waals surface area (Å²) in [7, 11) is 0. The lowest BCUT2D eigenvalue weighted by atomic mass is 10.2. The molecule has 1 N–H and O–H groups in total. The number of amides is 1. The van der Waals surface area contributed by atoms with E-state index in [4.69, 9.17) is 11.6 Å². The van der Waals surface area contributed by atoms with Crippen molar-refractivity contribution in [2.75, 3.05) is 42.9 Å². The van der Waals surface area contributed by atoms with Crippen LogP contribution < -0.4 is 10.2 Å². The molecule has 1 aliphatic rings. The van der Waals surface area contributed by atoms with E-state index in [2.05, 4.69) is 10.4 Å². The van der Waals surface area contributed by atoms with Crippen LogP contribution >= 0.6 is 11.6 Å². The third kappa shape index (κ3) is 5.24. The number of nitro groups is 1. The summed E-state index contributed by atoms with van der Waals surface area (Å²) in [5.74, 6) is 0.491. The maximum Gasteiger partial charge on any atom is 0.292 e. The van der Waals surface area contributed by atoms with Gasteiger partial charge in [-0.15, -0.1) is 0 Å². The van der Waals surface area contributed by atoms with E-state index >= 15 is 0 Å². The van der Waals surface area contributed by atoms with Crippen LogP contribution in [0.4, 0.5) is 17.2 Å². The van der Waals surface area contributed by atoms with Gasteiger partial charge in [0.1, 0.15) is 11.5 Å². The number of nitro benzene ring substituents is 1. The topological polar surface area (TPSA) is 96.5 Å². The molecule has 2 aromatic carbocycles. The molecule has 3 aromatic rings. The molecule has 0 saturated carbocycles. The van der Waals surface area contributed by atoms with Crippen LogP contribution in [0.1, 0.15) is 5.56 Å². The fraction of sp³-hybridized carbons (Fsp3) is 0.273. The Hall–Kier alpha value is -3.43. The molecule has 166 valence electrons. The zero-order valence-electron chi connectivity index (χ0n) is 17.4. The smallest absolute Gasteiger partial charge is 0.292 e. The summed E-state index contributed by atoms with van der Waals surface area (Å²) in [4.78, 5) is 27.6. The summed E-state index contributed by atoms with van der Waals surface area (Å²) in [5, 5.41) is 19.2. The maximum absolute atomic E-state index is 12.6. The van der Waals surface area contributed by atoms with Crippen molar-refractivity contribution in [2.24, 2.45) is 0 Å². The SMILES string of the molecule is O=C(CN1CCN(c2ccccc2[N+](=O)[O-])CC1)Nc1ccnn1Cc1cccc(Cl)c1. The fourth-order valence-corrected chi connectivity index (χ4v) is 4.00. The first-order chi connectivity index (χ1) is 15.5. The number of hydrogen-bond donors (Lipinski definition) is 1. The van der Waals surface area contributed by atoms with E-state index < -0.39 is 0 Å². The van der Waals surface area contributed by atoms with Gasteiger partial charge < -0.3 is 10.2 Å². The van der Waals surface area contributed by atoms with Gasteiger partial charge in [-0.1, -0.05) is 35.9 Å². The molecule has 0 radical (unpaired) electrons. The first kappa shape index (κ1) is 21.8. The molecule has 0 aliphatic carbocycles. The van der Waals surface area contributed by atoms with Crippen LogP contribution in [0.25, 0.3) is 0 Å². The van der Waals surface area contributed by atoms with Crippen LogP contribution in [0.15, 0.2) is 60.8 Å². The number of halogens is 1. The molecule has 1 fully saturated rings. The van der Waals surface area contributed by atoms with Crippen molar-refractivity contribution in [1.29, 1.82) is 0 Å².